The summed E-state index contributed by atoms with van der Waals surface area (Å²) in [4.78, 5) is 16.5. The Bertz CT molecular complexity index is 1000. The molecule has 0 bridgehead atoms. The minimum absolute atomic E-state index is 0.0377. The van der Waals surface area contributed by atoms with E-state index in [1.165, 1.54) is 0 Å². The van der Waals surface area contributed by atoms with Crippen molar-refractivity contribution in [3.05, 3.63) is 34.2 Å². The first-order valence-electron chi connectivity index (χ1n) is 10.4. The van der Waals surface area contributed by atoms with Crippen molar-refractivity contribution in [2.24, 2.45) is 0 Å². The van der Waals surface area contributed by atoms with E-state index in [0.29, 0.717) is 24.4 Å². The molecule has 0 radical (unpaired) electrons. The molecule has 2 aliphatic rings. The van der Waals surface area contributed by atoms with Crippen LogP contribution in [-0.2, 0) is 11.3 Å². The van der Waals surface area contributed by atoms with E-state index in [-0.39, 0.29) is 18.6 Å². The molecule has 2 saturated heterocycles. The van der Waals surface area contributed by atoms with Gasteiger partial charge in [-0.05, 0) is 50.4 Å². The molecule has 4 nitrogen and oxygen atoms in total. The summed E-state index contributed by atoms with van der Waals surface area (Å²) in [5.74, 6) is 0. The lowest BCUT2D eigenvalue weighted by Gasteiger charge is -2.45. The summed E-state index contributed by atoms with van der Waals surface area (Å²) in [7, 11) is 0. The lowest BCUT2D eigenvalue weighted by Crippen LogP contribution is -2.54. The molecule has 182 valence electrons. The van der Waals surface area contributed by atoms with Crippen LogP contribution in [0.4, 0.5) is 31.1 Å². The van der Waals surface area contributed by atoms with E-state index >= 15 is 0 Å². The number of likely N-dealkylation sites (tertiary alicyclic amines) is 2. The maximum atomic E-state index is 12.7. The van der Waals surface area contributed by atoms with Crippen LogP contribution < -0.4 is 0 Å². The van der Waals surface area contributed by atoms with Crippen molar-refractivity contribution >= 4 is 39.1 Å². The van der Waals surface area contributed by atoms with Crippen LogP contribution in [0.1, 0.15) is 30.6 Å². The fourth-order valence-corrected chi connectivity index (χ4v) is 6.14. The van der Waals surface area contributed by atoms with E-state index in [2.05, 4.69) is 15.7 Å². The van der Waals surface area contributed by atoms with Gasteiger partial charge in [-0.3, -0.25) is 4.90 Å². The molecule has 0 atom stereocenters. The van der Waals surface area contributed by atoms with Gasteiger partial charge in [-0.2, -0.15) is 26.3 Å². The molecule has 0 saturated carbocycles. The molecule has 3 heterocycles. The van der Waals surface area contributed by atoms with Crippen LogP contribution in [0.3, 0.4) is 0 Å². The maximum absolute atomic E-state index is 12.7. The average Bonchev–Trinajstić information content (AvgIpc) is 3.30. The van der Waals surface area contributed by atoms with Gasteiger partial charge in [0.2, 0.25) is 0 Å². The first-order valence-corrected chi connectivity index (χ1v) is 11.6. The molecule has 33 heavy (non-hydrogen) atoms. The fraction of sp³-hybridized carbons (Fsp3) is 0.571. The molecular formula is C21H21ClF6N2O2S. The van der Waals surface area contributed by atoms with Crippen LogP contribution in [0.2, 0.25) is 5.02 Å². The van der Waals surface area contributed by atoms with Gasteiger partial charge in [0, 0.05) is 45.2 Å². The number of hydrogen-bond acceptors (Lipinski definition) is 4. The molecule has 1 amide bonds. The quantitative estimate of drug-likeness (QED) is 0.432. The van der Waals surface area contributed by atoms with Gasteiger partial charge in [-0.15, -0.1) is 11.3 Å². The third-order valence-electron chi connectivity index (χ3n) is 6.41. The highest BCUT2D eigenvalue weighted by Gasteiger charge is 2.60. The fourth-order valence-electron chi connectivity index (χ4n) is 4.75. The van der Waals surface area contributed by atoms with E-state index < -0.39 is 24.5 Å². The summed E-state index contributed by atoms with van der Waals surface area (Å²) in [6.07, 6.45) is -14.5. The van der Waals surface area contributed by atoms with Gasteiger partial charge < -0.3 is 9.64 Å². The minimum atomic E-state index is -5.72. The Morgan fingerprint density at radius 1 is 1.09 bits per heavy atom. The van der Waals surface area contributed by atoms with Crippen molar-refractivity contribution in [3.8, 4) is 0 Å². The van der Waals surface area contributed by atoms with Gasteiger partial charge in [0.05, 0.1) is 0 Å². The highest BCUT2D eigenvalue weighted by atomic mass is 35.5. The Kier molecular flexibility index (Phi) is 6.52. The predicted octanol–water partition coefficient (Wildman–Crippen LogP) is 6.61. The van der Waals surface area contributed by atoms with Crippen molar-refractivity contribution in [1.82, 2.24) is 9.80 Å². The zero-order valence-corrected chi connectivity index (χ0v) is 18.9. The molecule has 1 aromatic heterocycles. The van der Waals surface area contributed by atoms with Crippen LogP contribution in [-0.4, -0.2) is 59.5 Å². The van der Waals surface area contributed by atoms with E-state index in [4.69, 9.17) is 11.6 Å². The second kappa shape index (κ2) is 8.81. The molecule has 2 aliphatic heterocycles. The van der Waals surface area contributed by atoms with Crippen LogP contribution in [0.5, 0.6) is 0 Å². The number of piperidine rings is 1. The topological polar surface area (TPSA) is 32.8 Å². The zero-order chi connectivity index (χ0) is 24.0. The predicted molar refractivity (Wildman–Crippen MR) is 112 cm³/mol. The molecular weight excluding hydrogens is 494 g/mol. The Labute approximate surface area is 195 Å². The average molecular weight is 515 g/mol. The number of thiophene rings is 1. The molecule has 2 fully saturated rings. The maximum Gasteiger partial charge on any atom is 0.434 e. The monoisotopic (exact) mass is 514 g/mol. The van der Waals surface area contributed by atoms with Crippen LogP contribution >= 0.6 is 22.9 Å². The van der Waals surface area contributed by atoms with Crippen LogP contribution in [0, 0.1) is 0 Å². The van der Waals surface area contributed by atoms with Gasteiger partial charge in [0.15, 0.2) is 0 Å². The van der Waals surface area contributed by atoms with Gasteiger partial charge in [0.25, 0.3) is 6.10 Å². The third kappa shape index (κ3) is 5.05. The van der Waals surface area contributed by atoms with Gasteiger partial charge in [0.1, 0.15) is 0 Å². The number of hydrogen-bond donors (Lipinski definition) is 0. The molecule has 0 aliphatic carbocycles. The summed E-state index contributed by atoms with van der Waals surface area (Å²) in [5.41, 5.74) is -0.246. The van der Waals surface area contributed by atoms with E-state index in [1.54, 1.807) is 11.3 Å². The van der Waals surface area contributed by atoms with Crippen LogP contribution in [0.15, 0.2) is 24.3 Å². The number of alkyl halides is 6. The molecule has 2 aromatic rings. The smallest absolute Gasteiger partial charge is 0.426 e. The summed E-state index contributed by atoms with van der Waals surface area (Å²) >= 11 is 7.91. The van der Waals surface area contributed by atoms with Gasteiger partial charge >= 0.3 is 18.4 Å². The van der Waals surface area contributed by atoms with Crippen molar-refractivity contribution in [2.75, 3.05) is 19.6 Å². The summed E-state index contributed by atoms with van der Waals surface area (Å²) < 4.78 is 81.2. The highest BCUT2D eigenvalue weighted by Crippen LogP contribution is 2.42. The van der Waals surface area contributed by atoms with E-state index in [9.17, 15) is 31.1 Å². The Morgan fingerprint density at radius 3 is 2.36 bits per heavy atom. The Hall–Kier alpha value is -1.72. The number of carbonyl (C=O) groups is 1. The van der Waals surface area contributed by atoms with Crippen molar-refractivity contribution in [2.45, 2.75) is 56.2 Å². The lowest BCUT2D eigenvalue weighted by atomic mass is 9.85. The summed E-state index contributed by atoms with van der Waals surface area (Å²) in [5, 5.41) is 1.66. The standard InChI is InChI=1S/C21H21ClF6N2O2S/c22-15-3-1-4-16-14(15)11-13(33-16)12-30-8-2-5-19(30)6-9-29(10-7-19)18(31)32-17(20(23,24)25)21(26,27)28/h1,3-4,11,17H,2,5-10,12H2. The zero-order valence-electron chi connectivity index (χ0n) is 17.3. The second-order valence-electron chi connectivity index (χ2n) is 8.45. The molecule has 1 spiro atoms. The number of nitrogens with zero attached hydrogens (tertiary/aromatic N) is 2. The van der Waals surface area contributed by atoms with Crippen molar-refractivity contribution in [3.63, 3.8) is 0 Å². The molecule has 0 N–H and O–H groups in total. The number of carbonyl (C=O) groups excluding carboxylic acids is 1. The Balaban J connectivity index is 1.41. The highest BCUT2D eigenvalue weighted by molar-refractivity contribution is 7.19. The number of halogens is 7. The SMILES string of the molecule is O=C(OC(C(F)(F)F)C(F)(F)F)N1CCC2(CCCN2Cc2cc3c(Cl)cccc3s2)CC1. The van der Waals surface area contributed by atoms with Gasteiger partial charge in [-0.25, -0.2) is 4.79 Å². The number of amides is 1. The molecule has 0 unspecified atom stereocenters. The minimum Gasteiger partial charge on any atom is -0.426 e. The van der Waals surface area contributed by atoms with Crippen LogP contribution in [0.25, 0.3) is 10.1 Å². The molecule has 4 rings (SSSR count). The first kappa shape index (κ1) is 24.4. The summed E-state index contributed by atoms with van der Waals surface area (Å²) in [6.45, 7) is 1.58. The van der Waals surface area contributed by atoms with E-state index in [1.807, 2.05) is 18.2 Å². The number of benzene rings is 1. The summed E-state index contributed by atoms with van der Waals surface area (Å²) in [6, 6.07) is 7.76. The third-order valence-corrected chi connectivity index (χ3v) is 7.83. The van der Waals surface area contributed by atoms with E-state index in [0.717, 1.165) is 39.2 Å². The second-order valence-corrected chi connectivity index (χ2v) is 10.0. The largest absolute Gasteiger partial charge is 0.434 e. The normalized spacial score (nSPS) is 19.7. The number of rotatable bonds is 3. The Morgan fingerprint density at radius 2 is 1.76 bits per heavy atom. The van der Waals surface area contributed by atoms with Crippen molar-refractivity contribution in [1.29, 1.82) is 0 Å². The lowest BCUT2D eigenvalue weighted by molar-refractivity contribution is -0.308. The first-order chi connectivity index (χ1) is 15.4. The number of fused-ring (bicyclic) bond motifs is 1. The van der Waals surface area contributed by atoms with Crippen molar-refractivity contribution < 1.29 is 35.9 Å². The number of ether oxygens (including phenoxy) is 1. The van der Waals surface area contributed by atoms with Gasteiger partial charge in [-0.1, -0.05) is 17.7 Å². The molecule has 12 heteroatoms. The molecule has 1 aromatic carbocycles.